The molecule has 0 bridgehead atoms. The fourth-order valence-corrected chi connectivity index (χ4v) is 2.84. The monoisotopic (exact) mass is 391 g/mol. The van der Waals surface area contributed by atoms with Crippen molar-refractivity contribution in [1.29, 1.82) is 0 Å². The molecule has 0 fully saturated rings. The summed E-state index contributed by atoms with van der Waals surface area (Å²) in [6, 6.07) is 18.1. The maximum Gasteiger partial charge on any atom is 0.191 e. The topological polar surface area (TPSA) is 63.5 Å². The Morgan fingerprint density at radius 3 is 2.41 bits per heavy atom. The average Bonchev–Trinajstić information content (AvgIpc) is 3.18. The van der Waals surface area contributed by atoms with E-state index in [2.05, 4.69) is 26.8 Å². The van der Waals surface area contributed by atoms with Crippen molar-refractivity contribution in [1.82, 2.24) is 20.4 Å². The van der Waals surface area contributed by atoms with Gasteiger partial charge in [0.25, 0.3) is 0 Å². The van der Waals surface area contributed by atoms with E-state index in [-0.39, 0.29) is 5.60 Å². The maximum absolute atomic E-state index is 6.06. The second kappa shape index (κ2) is 9.28. The Labute approximate surface area is 172 Å². The minimum absolute atomic E-state index is 0.241. The molecule has 0 aliphatic heterocycles. The van der Waals surface area contributed by atoms with E-state index in [1.54, 1.807) is 7.05 Å². The molecule has 0 saturated heterocycles. The quantitative estimate of drug-likeness (QED) is 0.494. The number of rotatable bonds is 6. The van der Waals surface area contributed by atoms with Gasteiger partial charge in [-0.3, -0.25) is 4.99 Å². The summed E-state index contributed by atoms with van der Waals surface area (Å²) >= 11 is 0. The summed E-state index contributed by atoms with van der Waals surface area (Å²) in [5.74, 6) is 1.61. The van der Waals surface area contributed by atoms with Gasteiger partial charge in [-0.05, 0) is 39.0 Å². The molecule has 6 nitrogen and oxygen atoms in total. The number of nitrogens with one attached hydrogen (secondary N) is 2. The van der Waals surface area contributed by atoms with E-state index in [0.717, 1.165) is 28.5 Å². The lowest BCUT2D eigenvalue weighted by Gasteiger charge is -2.23. The van der Waals surface area contributed by atoms with Gasteiger partial charge in [0.05, 0.1) is 11.9 Å². The van der Waals surface area contributed by atoms with Gasteiger partial charge in [0.2, 0.25) is 0 Å². The lowest BCUT2D eigenvalue weighted by Crippen LogP contribution is -2.36. The molecule has 0 spiro atoms. The Balaban J connectivity index is 1.57. The number of aromatic nitrogens is 2. The van der Waals surface area contributed by atoms with Crippen LogP contribution >= 0.6 is 0 Å². The lowest BCUT2D eigenvalue weighted by molar-refractivity contribution is 0.129. The fourth-order valence-electron chi connectivity index (χ4n) is 2.84. The summed E-state index contributed by atoms with van der Waals surface area (Å²) in [4.78, 5) is 4.31. The van der Waals surface area contributed by atoms with Crippen molar-refractivity contribution in [2.75, 3.05) is 7.05 Å². The molecule has 29 heavy (non-hydrogen) atoms. The van der Waals surface area contributed by atoms with Gasteiger partial charge in [0.1, 0.15) is 11.4 Å². The molecule has 2 aromatic carbocycles. The van der Waals surface area contributed by atoms with Gasteiger partial charge < -0.3 is 15.4 Å². The summed E-state index contributed by atoms with van der Waals surface area (Å²) in [7, 11) is 1.76. The van der Waals surface area contributed by atoms with Gasteiger partial charge in [0, 0.05) is 37.5 Å². The molecule has 2 N–H and O–H groups in total. The number of benzene rings is 2. The number of ether oxygens (including phenoxy) is 1. The van der Waals surface area contributed by atoms with Crippen LogP contribution in [-0.4, -0.2) is 28.4 Å². The van der Waals surface area contributed by atoms with E-state index in [1.165, 1.54) is 0 Å². The van der Waals surface area contributed by atoms with E-state index in [1.807, 2.05) is 86.4 Å². The third kappa shape index (κ3) is 6.10. The van der Waals surface area contributed by atoms with E-state index in [4.69, 9.17) is 4.74 Å². The smallest absolute Gasteiger partial charge is 0.191 e. The SMILES string of the molecule is CN=C(NCc1cnn(-c2ccccc2)c1)NCc1ccccc1OC(C)(C)C. The van der Waals surface area contributed by atoms with Crippen LogP contribution in [0.1, 0.15) is 31.9 Å². The molecule has 0 saturated carbocycles. The van der Waals surface area contributed by atoms with Gasteiger partial charge in [-0.2, -0.15) is 5.10 Å². The second-order valence-electron chi connectivity index (χ2n) is 7.73. The van der Waals surface area contributed by atoms with Crippen LogP contribution in [0.4, 0.5) is 0 Å². The van der Waals surface area contributed by atoms with Crippen molar-refractivity contribution < 1.29 is 4.74 Å². The highest BCUT2D eigenvalue weighted by Crippen LogP contribution is 2.22. The number of guanidine groups is 1. The molecule has 3 aromatic rings. The van der Waals surface area contributed by atoms with Gasteiger partial charge in [-0.15, -0.1) is 0 Å². The zero-order chi connectivity index (χ0) is 20.7. The molecule has 1 aromatic heterocycles. The van der Waals surface area contributed by atoms with Crippen molar-refractivity contribution in [2.45, 2.75) is 39.5 Å². The summed E-state index contributed by atoms with van der Waals surface area (Å²) in [6.07, 6.45) is 3.88. The Bertz CT molecular complexity index is 941. The second-order valence-corrected chi connectivity index (χ2v) is 7.73. The Hall–Kier alpha value is -3.28. The number of aliphatic imine (C=N–C) groups is 1. The predicted molar refractivity (Wildman–Crippen MR) is 117 cm³/mol. The summed E-state index contributed by atoms with van der Waals surface area (Å²) < 4.78 is 7.93. The van der Waals surface area contributed by atoms with Crippen molar-refractivity contribution in [3.8, 4) is 11.4 Å². The highest BCUT2D eigenvalue weighted by Gasteiger charge is 2.14. The number of nitrogens with zero attached hydrogens (tertiary/aromatic N) is 3. The van der Waals surface area contributed by atoms with E-state index in [0.29, 0.717) is 13.1 Å². The number of hydrogen-bond acceptors (Lipinski definition) is 3. The minimum Gasteiger partial charge on any atom is -0.488 e. The molecular formula is C23H29N5O. The normalized spacial score (nSPS) is 11.9. The maximum atomic E-state index is 6.06. The van der Waals surface area contributed by atoms with Crippen LogP contribution in [0.15, 0.2) is 72.0 Å². The lowest BCUT2D eigenvalue weighted by atomic mass is 10.1. The van der Waals surface area contributed by atoms with Gasteiger partial charge >= 0.3 is 0 Å². The highest BCUT2D eigenvalue weighted by molar-refractivity contribution is 5.79. The van der Waals surface area contributed by atoms with Gasteiger partial charge in [-0.1, -0.05) is 36.4 Å². The van der Waals surface area contributed by atoms with Crippen LogP contribution in [0.5, 0.6) is 5.75 Å². The molecule has 6 heteroatoms. The molecule has 0 atom stereocenters. The van der Waals surface area contributed by atoms with Crippen molar-refractivity contribution >= 4 is 5.96 Å². The summed E-state index contributed by atoms with van der Waals surface area (Å²) in [5.41, 5.74) is 2.96. The number of hydrogen-bond donors (Lipinski definition) is 2. The predicted octanol–water partition coefficient (Wildman–Crippen LogP) is 3.91. The Kier molecular flexibility index (Phi) is 6.54. The van der Waals surface area contributed by atoms with Crippen molar-refractivity contribution in [3.05, 3.63) is 78.1 Å². The van der Waals surface area contributed by atoms with Crippen molar-refractivity contribution in [2.24, 2.45) is 4.99 Å². The van der Waals surface area contributed by atoms with Crippen LogP contribution in [0.25, 0.3) is 5.69 Å². The van der Waals surface area contributed by atoms with Crippen LogP contribution in [0.3, 0.4) is 0 Å². The van der Waals surface area contributed by atoms with E-state index < -0.39 is 0 Å². The first kappa shape index (κ1) is 20.5. The highest BCUT2D eigenvalue weighted by atomic mass is 16.5. The molecular weight excluding hydrogens is 362 g/mol. The van der Waals surface area contributed by atoms with E-state index >= 15 is 0 Å². The zero-order valence-electron chi connectivity index (χ0n) is 17.5. The minimum atomic E-state index is -0.241. The molecule has 0 aliphatic carbocycles. The van der Waals surface area contributed by atoms with Gasteiger partial charge in [0.15, 0.2) is 5.96 Å². The van der Waals surface area contributed by atoms with Crippen molar-refractivity contribution in [3.63, 3.8) is 0 Å². The Morgan fingerprint density at radius 2 is 1.69 bits per heavy atom. The van der Waals surface area contributed by atoms with Crippen LogP contribution in [0.2, 0.25) is 0 Å². The van der Waals surface area contributed by atoms with Crippen LogP contribution in [0, 0.1) is 0 Å². The number of para-hydroxylation sites is 2. The first-order valence-corrected chi connectivity index (χ1v) is 9.75. The fraction of sp³-hybridized carbons (Fsp3) is 0.304. The molecule has 0 unspecified atom stereocenters. The molecule has 1 heterocycles. The van der Waals surface area contributed by atoms with Gasteiger partial charge in [-0.25, -0.2) is 4.68 Å². The molecule has 0 aliphatic rings. The first-order chi connectivity index (χ1) is 13.9. The standard InChI is InChI=1S/C23H29N5O/c1-23(2,3)29-21-13-9-8-10-19(21)16-26-22(24-4)25-14-18-15-27-28(17-18)20-11-6-5-7-12-20/h5-13,15,17H,14,16H2,1-4H3,(H2,24,25,26). The first-order valence-electron chi connectivity index (χ1n) is 9.75. The molecule has 152 valence electrons. The molecule has 3 rings (SSSR count). The van der Waals surface area contributed by atoms with E-state index in [9.17, 15) is 0 Å². The summed E-state index contributed by atoms with van der Waals surface area (Å²) in [5, 5.41) is 11.1. The van der Waals surface area contributed by atoms with Crippen LogP contribution < -0.4 is 15.4 Å². The molecule has 0 amide bonds. The third-order valence-corrected chi connectivity index (χ3v) is 4.18. The largest absolute Gasteiger partial charge is 0.488 e. The van der Waals surface area contributed by atoms with Crippen LogP contribution in [-0.2, 0) is 13.1 Å². The Morgan fingerprint density at radius 1 is 1.00 bits per heavy atom. The summed E-state index contributed by atoms with van der Waals surface area (Å²) in [6.45, 7) is 7.40. The average molecular weight is 392 g/mol. The third-order valence-electron chi connectivity index (χ3n) is 4.18. The zero-order valence-corrected chi connectivity index (χ0v) is 17.5. The molecule has 0 radical (unpaired) electrons.